The van der Waals surface area contributed by atoms with Crippen LogP contribution in [0.3, 0.4) is 0 Å². The Balaban J connectivity index is 1.25. The number of fused-ring (bicyclic) bond motifs is 10. The van der Waals surface area contributed by atoms with Crippen molar-refractivity contribution in [3.8, 4) is 23.3 Å². The molecule has 0 spiro atoms. The smallest absolute Gasteiger partial charge is 0.0991 e. The third-order valence-corrected chi connectivity index (χ3v) is 13.3. The van der Waals surface area contributed by atoms with Crippen LogP contribution in [0, 0.1) is 33.5 Å². The second-order valence-electron chi connectivity index (χ2n) is 18.8. The Morgan fingerprint density at radius 1 is 0.381 bits per heavy atom. The SMILES string of the molecule is CC(C)(C)C1(C(C)(C)C)c2c(ccc3cc(N(c4ccccc4)c4ccc(C#N)cc4)ccc23)-c2c1c1ccc(N(c3ccccc3)c3ccc(C#N)cc3)cc1c1ccccc21. The number of nitriles is 2. The standard InChI is InChI=1S/C59H48N4/c1-57(2,3)59(58(4,5)6)55-48-33-30-46(62(42-15-9-7-10-16-42)44-26-21-39(37-60)22-27-44)35-41(48)25-32-52(55)54-50-20-14-13-19-49(50)53-36-47(31-34-51(53)56(54)59)63(43-17-11-8-12-18-43)45-28-23-40(38-61)24-29-45/h7-36H,1-6H3. The maximum atomic E-state index is 9.64. The second kappa shape index (κ2) is 14.8. The van der Waals surface area contributed by atoms with Crippen molar-refractivity contribution >= 4 is 66.4 Å². The van der Waals surface area contributed by atoms with Crippen LogP contribution in [-0.4, -0.2) is 0 Å². The van der Waals surface area contributed by atoms with E-state index in [1.54, 1.807) is 0 Å². The first-order valence-electron chi connectivity index (χ1n) is 21.7. The van der Waals surface area contributed by atoms with Crippen molar-refractivity contribution in [3.05, 3.63) is 204 Å². The fourth-order valence-electron chi connectivity index (χ4n) is 11.2. The van der Waals surface area contributed by atoms with E-state index in [9.17, 15) is 10.5 Å². The molecule has 4 nitrogen and oxygen atoms in total. The van der Waals surface area contributed by atoms with Crippen molar-refractivity contribution in [1.82, 2.24) is 0 Å². The average Bonchev–Trinajstić information content (AvgIpc) is 3.65. The van der Waals surface area contributed by atoms with Crippen molar-refractivity contribution < 1.29 is 0 Å². The van der Waals surface area contributed by atoms with Gasteiger partial charge in [0.2, 0.25) is 0 Å². The summed E-state index contributed by atoms with van der Waals surface area (Å²) in [6.45, 7) is 14.6. The van der Waals surface area contributed by atoms with E-state index in [2.05, 4.69) is 185 Å². The molecule has 0 aliphatic heterocycles. The van der Waals surface area contributed by atoms with Gasteiger partial charge in [-0.05, 0) is 162 Å². The molecule has 4 heteroatoms. The minimum atomic E-state index is -0.423. The Morgan fingerprint density at radius 2 is 0.825 bits per heavy atom. The molecule has 0 aromatic heterocycles. The van der Waals surface area contributed by atoms with Crippen LogP contribution in [0.2, 0.25) is 0 Å². The molecule has 0 radical (unpaired) electrons. The minimum Gasteiger partial charge on any atom is -0.310 e. The number of para-hydroxylation sites is 2. The summed E-state index contributed by atoms with van der Waals surface area (Å²) in [4.78, 5) is 4.57. The number of hydrogen-bond acceptors (Lipinski definition) is 4. The molecule has 0 unspecified atom stereocenters. The molecule has 9 aromatic carbocycles. The van der Waals surface area contributed by atoms with Crippen LogP contribution in [-0.2, 0) is 5.41 Å². The summed E-state index contributed by atoms with van der Waals surface area (Å²) in [6, 6.07) is 68.9. The highest BCUT2D eigenvalue weighted by molar-refractivity contribution is 6.20. The van der Waals surface area contributed by atoms with Gasteiger partial charge < -0.3 is 9.80 Å². The van der Waals surface area contributed by atoms with Gasteiger partial charge in [-0.15, -0.1) is 0 Å². The Hall–Kier alpha value is -7.66. The molecule has 0 heterocycles. The lowest BCUT2D eigenvalue weighted by atomic mass is 9.49. The topological polar surface area (TPSA) is 54.1 Å². The number of anilines is 6. The van der Waals surface area contributed by atoms with Crippen LogP contribution in [0.5, 0.6) is 0 Å². The van der Waals surface area contributed by atoms with Gasteiger partial charge in [-0.3, -0.25) is 0 Å². The molecule has 10 rings (SSSR count). The van der Waals surface area contributed by atoms with Crippen LogP contribution in [0.1, 0.15) is 63.8 Å². The summed E-state index contributed by atoms with van der Waals surface area (Å²) in [5, 5.41) is 26.6. The van der Waals surface area contributed by atoms with Gasteiger partial charge in [0.25, 0.3) is 0 Å². The van der Waals surface area contributed by atoms with Crippen LogP contribution in [0.25, 0.3) is 43.4 Å². The van der Waals surface area contributed by atoms with E-state index in [1.807, 2.05) is 60.7 Å². The van der Waals surface area contributed by atoms with Crippen LogP contribution >= 0.6 is 0 Å². The highest BCUT2D eigenvalue weighted by atomic mass is 15.1. The van der Waals surface area contributed by atoms with Gasteiger partial charge >= 0.3 is 0 Å². The van der Waals surface area contributed by atoms with Gasteiger partial charge in [-0.25, -0.2) is 0 Å². The molecular formula is C59H48N4. The van der Waals surface area contributed by atoms with E-state index >= 15 is 0 Å². The average molecular weight is 813 g/mol. The van der Waals surface area contributed by atoms with Gasteiger partial charge in [0.1, 0.15) is 0 Å². The lowest BCUT2D eigenvalue weighted by Gasteiger charge is -2.54. The Bertz CT molecular complexity index is 3290. The molecule has 0 fully saturated rings. The summed E-state index contributed by atoms with van der Waals surface area (Å²) >= 11 is 0. The first-order chi connectivity index (χ1) is 30.4. The van der Waals surface area contributed by atoms with Crippen LogP contribution in [0.4, 0.5) is 34.1 Å². The molecule has 304 valence electrons. The number of rotatable bonds is 6. The summed E-state index contributed by atoms with van der Waals surface area (Å²) in [5.41, 5.74) is 12.0. The van der Waals surface area contributed by atoms with Gasteiger partial charge in [-0.2, -0.15) is 10.5 Å². The lowest BCUT2D eigenvalue weighted by molar-refractivity contribution is 0.0977. The molecule has 0 N–H and O–H groups in total. The zero-order valence-corrected chi connectivity index (χ0v) is 36.6. The Kier molecular flexibility index (Phi) is 9.25. The maximum Gasteiger partial charge on any atom is 0.0991 e. The maximum absolute atomic E-state index is 9.64. The van der Waals surface area contributed by atoms with E-state index in [4.69, 9.17) is 0 Å². The minimum absolute atomic E-state index is 0.219. The van der Waals surface area contributed by atoms with Crippen LogP contribution in [0.15, 0.2) is 182 Å². The van der Waals surface area contributed by atoms with Crippen molar-refractivity contribution in [2.75, 3.05) is 9.80 Å². The lowest BCUT2D eigenvalue weighted by Crippen LogP contribution is -2.50. The quantitative estimate of drug-likeness (QED) is 0.157. The molecule has 63 heavy (non-hydrogen) atoms. The van der Waals surface area contributed by atoms with E-state index in [0.29, 0.717) is 11.1 Å². The van der Waals surface area contributed by atoms with Gasteiger partial charge in [0.15, 0.2) is 0 Å². The van der Waals surface area contributed by atoms with E-state index in [1.165, 1.54) is 54.6 Å². The number of nitrogens with zero attached hydrogens (tertiary/aromatic N) is 4. The molecule has 1 aliphatic carbocycles. The zero-order chi connectivity index (χ0) is 43.7. The van der Waals surface area contributed by atoms with Gasteiger partial charge in [-0.1, -0.05) is 126 Å². The first kappa shape index (κ1) is 39.5. The summed E-state index contributed by atoms with van der Waals surface area (Å²) < 4.78 is 0. The third kappa shape index (κ3) is 6.09. The van der Waals surface area contributed by atoms with Crippen LogP contribution < -0.4 is 9.80 Å². The van der Waals surface area contributed by atoms with E-state index in [0.717, 1.165) is 34.1 Å². The summed E-state index contributed by atoms with van der Waals surface area (Å²) in [5.74, 6) is 0. The predicted molar refractivity (Wildman–Crippen MR) is 263 cm³/mol. The first-order valence-corrected chi connectivity index (χ1v) is 21.7. The van der Waals surface area contributed by atoms with Gasteiger partial charge in [0, 0.05) is 39.5 Å². The molecule has 0 saturated carbocycles. The second-order valence-corrected chi connectivity index (χ2v) is 18.8. The monoisotopic (exact) mass is 812 g/mol. The fourth-order valence-corrected chi connectivity index (χ4v) is 11.2. The predicted octanol–water partition coefficient (Wildman–Crippen LogP) is 16.2. The van der Waals surface area contributed by atoms with Crippen molar-refractivity contribution in [2.45, 2.75) is 47.0 Å². The molecule has 0 amide bonds. The van der Waals surface area contributed by atoms with E-state index in [-0.39, 0.29) is 10.8 Å². The van der Waals surface area contributed by atoms with Gasteiger partial charge in [0.05, 0.1) is 23.3 Å². The van der Waals surface area contributed by atoms with Crippen molar-refractivity contribution in [3.63, 3.8) is 0 Å². The molecule has 9 aromatic rings. The van der Waals surface area contributed by atoms with Crippen molar-refractivity contribution in [2.24, 2.45) is 10.8 Å². The fraction of sp³-hybridized carbons (Fsp3) is 0.153. The Morgan fingerprint density at radius 3 is 1.33 bits per heavy atom. The molecule has 0 atom stereocenters. The molecule has 1 aliphatic rings. The number of hydrogen-bond donors (Lipinski definition) is 0. The normalized spacial score (nSPS) is 13.0. The van der Waals surface area contributed by atoms with E-state index < -0.39 is 5.41 Å². The molecular weight excluding hydrogens is 765 g/mol. The highest BCUT2D eigenvalue weighted by Gasteiger charge is 2.59. The third-order valence-electron chi connectivity index (χ3n) is 13.3. The number of benzene rings is 9. The Labute approximate surface area is 370 Å². The summed E-state index contributed by atoms with van der Waals surface area (Å²) in [6.07, 6.45) is 0. The molecule has 0 bridgehead atoms. The highest BCUT2D eigenvalue weighted by Crippen LogP contribution is 2.68. The zero-order valence-electron chi connectivity index (χ0n) is 36.6. The molecule has 0 saturated heterocycles. The van der Waals surface area contributed by atoms with Crippen molar-refractivity contribution in [1.29, 1.82) is 10.5 Å². The summed E-state index contributed by atoms with van der Waals surface area (Å²) in [7, 11) is 0. The largest absolute Gasteiger partial charge is 0.310 e.